The van der Waals surface area contributed by atoms with E-state index in [1.807, 2.05) is 25.8 Å². The van der Waals surface area contributed by atoms with Crippen LogP contribution >= 0.6 is 0 Å². The zero-order valence-electron chi connectivity index (χ0n) is 23.3. The second kappa shape index (κ2) is 11.3. The summed E-state index contributed by atoms with van der Waals surface area (Å²) in [6.07, 6.45) is -2.15. The SMILES string of the molecule is C[C@@H]1CN(c2ccc(-c3cc(C(=O)NC4CC4)ccc3F)cc2NC(=O)C2C=NC(=O)C=C2C(F)(F)F)C[C@H](C)N1C. The fourth-order valence-corrected chi connectivity index (χ4v) is 5.23. The Labute approximate surface area is 240 Å². The third kappa shape index (κ3) is 6.23. The Morgan fingerprint density at radius 2 is 1.71 bits per heavy atom. The van der Waals surface area contributed by atoms with E-state index < -0.39 is 35.3 Å². The van der Waals surface area contributed by atoms with E-state index >= 15 is 4.39 Å². The quantitative estimate of drug-likeness (QED) is 0.485. The minimum atomic E-state index is -4.93. The number of nitrogens with one attached hydrogen (secondary N) is 2. The van der Waals surface area contributed by atoms with E-state index in [4.69, 9.17) is 0 Å². The average Bonchev–Trinajstić information content (AvgIpc) is 3.75. The van der Waals surface area contributed by atoms with Gasteiger partial charge in [-0.05, 0) is 69.6 Å². The number of hydrogen-bond acceptors (Lipinski definition) is 5. The predicted molar refractivity (Wildman–Crippen MR) is 151 cm³/mol. The molecule has 2 aliphatic heterocycles. The van der Waals surface area contributed by atoms with E-state index in [9.17, 15) is 27.6 Å². The Balaban J connectivity index is 1.53. The number of aliphatic imine (C=N–C) groups is 1. The summed E-state index contributed by atoms with van der Waals surface area (Å²) in [7, 11) is 2.00. The van der Waals surface area contributed by atoms with Gasteiger partial charge in [-0.25, -0.2) is 9.38 Å². The second-order valence-corrected chi connectivity index (χ2v) is 11.1. The fourth-order valence-electron chi connectivity index (χ4n) is 5.23. The Bertz CT molecular complexity index is 1470. The van der Waals surface area contributed by atoms with Crippen molar-refractivity contribution >= 4 is 35.3 Å². The van der Waals surface area contributed by atoms with Gasteiger partial charge in [0.1, 0.15) is 11.7 Å². The Morgan fingerprint density at radius 1 is 1.02 bits per heavy atom. The molecular weight excluding hydrogens is 554 g/mol. The summed E-state index contributed by atoms with van der Waals surface area (Å²) in [6.45, 7) is 5.22. The molecule has 0 bridgehead atoms. The number of hydrogen-bond donors (Lipinski definition) is 2. The molecule has 42 heavy (non-hydrogen) atoms. The number of halogens is 4. The van der Waals surface area contributed by atoms with Crippen LogP contribution in [0.4, 0.5) is 28.9 Å². The van der Waals surface area contributed by atoms with Gasteiger partial charge >= 0.3 is 6.18 Å². The topological polar surface area (TPSA) is 94.1 Å². The van der Waals surface area contributed by atoms with Crippen molar-refractivity contribution in [2.75, 3.05) is 30.4 Å². The van der Waals surface area contributed by atoms with Crippen LogP contribution in [0.25, 0.3) is 11.1 Å². The highest BCUT2D eigenvalue weighted by molar-refractivity contribution is 6.11. The maximum atomic E-state index is 15.1. The van der Waals surface area contributed by atoms with Gasteiger partial charge in [0.2, 0.25) is 5.91 Å². The molecule has 2 heterocycles. The van der Waals surface area contributed by atoms with Gasteiger partial charge in [0.15, 0.2) is 0 Å². The lowest BCUT2D eigenvalue weighted by atomic mass is 9.95. The van der Waals surface area contributed by atoms with Gasteiger partial charge in [0.25, 0.3) is 11.8 Å². The fraction of sp³-hybridized carbons (Fsp3) is 0.400. The minimum Gasteiger partial charge on any atom is -0.367 e. The lowest BCUT2D eigenvalue weighted by molar-refractivity contribution is -0.124. The molecule has 3 amide bonds. The van der Waals surface area contributed by atoms with Crippen LogP contribution in [0.3, 0.4) is 0 Å². The van der Waals surface area contributed by atoms with Crippen molar-refractivity contribution < 1.29 is 31.9 Å². The number of piperazine rings is 1. The number of dihydropyridines is 1. The van der Waals surface area contributed by atoms with Crippen LogP contribution in [0.5, 0.6) is 0 Å². The predicted octanol–water partition coefficient (Wildman–Crippen LogP) is 4.57. The zero-order chi connectivity index (χ0) is 30.3. The van der Waals surface area contributed by atoms with Gasteiger partial charge in [0, 0.05) is 54.6 Å². The molecule has 0 aromatic heterocycles. The highest BCUT2D eigenvalue weighted by Gasteiger charge is 2.43. The molecule has 0 spiro atoms. The van der Waals surface area contributed by atoms with Gasteiger partial charge in [-0.15, -0.1) is 0 Å². The summed E-state index contributed by atoms with van der Waals surface area (Å²) in [5.41, 5.74) is 0.0738. The van der Waals surface area contributed by atoms with Gasteiger partial charge in [-0.2, -0.15) is 13.2 Å². The summed E-state index contributed by atoms with van der Waals surface area (Å²) in [6, 6.07) is 9.18. The highest BCUT2D eigenvalue weighted by Crippen LogP contribution is 2.37. The van der Waals surface area contributed by atoms with Crippen LogP contribution in [0, 0.1) is 11.7 Å². The molecule has 3 aliphatic rings. The van der Waals surface area contributed by atoms with Crippen molar-refractivity contribution in [3.63, 3.8) is 0 Å². The normalized spacial score (nSPS) is 23.0. The summed E-state index contributed by atoms with van der Waals surface area (Å²) >= 11 is 0. The number of anilines is 2. The first kappa shape index (κ1) is 29.4. The van der Waals surface area contributed by atoms with Crippen LogP contribution in [0.1, 0.15) is 37.0 Å². The van der Waals surface area contributed by atoms with E-state index in [1.54, 1.807) is 12.1 Å². The van der Waals surface area contributed by atoms with E-state index in [1.165, 1.54) is 24.3 Å². The number of carbonyl (C=O) groups is 3. The maximum Gasteiger partial charge on any atom is 0.414 e. The molecule has 1 saturated heterocycles. The number of nitrogens with zero attached hydrogens (tertiary/aromatic N) is 3. The first-order valence-electron chi connectivity index (χ1n) is 13.7. The first-order chi connectivity index (χ1) is 19.8. The Hall–Kier alpha value is -4.06. The van der Waals surface area contributed by atoms with Crippen molar-refractivity contribution in [2.45, 2.75) is 51.0 Å². The van der Waals surface area contributed by atoms with Crippen LogP contribution in [-0.2, 0) is 9.59 Å². The third-order valence-corrected chi connectivity index (χ3v) is 7.98. The number of likely N-dealkylation sites (N-methyl/N-ethyl adjacent to an activating group) is 1. The first-order valence-corrected chi connectivity index (χ1v) is 13.7. The minimum absolute atomic E-state index is 0.0984. The molecule has 2 aromatic rings. The molecule has 1 unspecified atom stereocenters. The Morgan fingerprint density at radius 3 is 2.36 bits per heavy atom. The molecule has 12 heteroatoms. The van der Waals surface area contributed by atoms with Crippen LogP contribution < -0.4 is 15.5 Å². The molecule has 2 aromatic carbocycles. The molecule has 8 nitrogen and oxygen atoms in total. The van der Waals surface area contributed by atoms with Crippen molar-refractivity contribution in [3.05, 3.63) is 59.4 Å². The molecule has 0 radical (unpaired) electrons. The van der Waals surface area contributed by atoms with Crippen LogP contribution in [0.2, 0.25) is 0 Å². The molecule has 3 atom stereocenters. The zero-order valence-corrected chi connectivity index (χ0v) is 23.3. The summed E-state index contributed by atoms with van der Waals surface area (Å²) in [5.74, 6) is -4.93. The standard InChI is InChI=1S/C30H31F4N5O3/c1-16-14-39(15-17(2)38(16)3)26-9-5-18(21-10-19(4-8-24(21)31)28(41)36-20-6-7-20)11-25(26)37-29(42)22-13-35-27(40)12-23(22)30(32,33)34/h4-5,8-13,16-17,20,22H,6-7,14-15H2,1-3H3,(H,36,41)(H,37,42)/t16-,17+,22?. The maximum absolute atomic E-state index is 15.1. The van der Waals surface area contributed by atoms with E-state index in [0.717, 1.165) is 12.8 Å². The number of benzene rings is 2. The second-order valence-electron chi connectivity index (χ2n) is 11.1. The van der Waals surface area contributed by atoms with Crippen molar-refractivity contribution in [1.29, 1.82) is 0 Å². The van der Waals surface area contributed by atoms with E-state index in [-0.39, 0.29) is 40.8 Å². The number of alkyl halides is 3. The third-order valence-electron chi connectivity index (χ3n) is 7.98. The summed E-state index contributed by atoms with van der Waals surface area (Å²) in [4.78, 5) is 45.1. The van der Waals surface area contributed by atoms with Gasteiger partial charge in [0.05, 0.1) is 16.9 Å². The smallest absolute Gasteiger partial charge is 0.367 e. The highest BCUT2D eigenvalue weighted by atomic mass is 19.4. The average molecular weight is 586 g/mol. The summed E-state index contributed by atoms with van der Waals surface area (Å²) < 4.78 is 56.3. The lowest BCUT2D eigenvalue weighted by Crippen LogP contribution is -2.55. The van der Waals surface area contributed by atoms with E-state index in [2.05, 4.69) is 20.5 Å². The van der Waals surface area contributed by atoms with Crippen LogP contribution in [-0.4, -0.2) is 73.3 Å². The molecule has 5 rings (SSSR count). The van der Waals surface area contributed by atoms with Crippen molar-refractivity contribution in [2.24, 2.45) is 10.9 Å². The van der Waals surface area contributed by atoms with Gasteiger partial charge in [-0.1, -0.05) is 6.07 Å². The van der Waals surface area contributed by atoms with Crippen LogP contribution in [0.15, 0.2) is 53.0 Å². The molecule has 1 aliphatic carbocycles. The largest absolute Gasteiger partial charge is 0.414 e. The molecule has 222 valence electrons. The molecule has 2 N–H and O–H groups in total. The van der Waals surface area contributed by atoms with Gasteiger partial charge in [-0.3, -0.25) is 19.3 Å². The number of rotatable bonds is 6. The monoisotopic (exact) mass is 585 g/mol. The number of carbonyl (C=O) groups excluding carboxylic acids is 3. The molecule has 2 fully saturated rings. The lowest BCUT2D eigenvalue weighted by Gasteiger charge is -2.44. The van der Waals surface area contributed by atoms with Crippen molar-refractivity contribution in [3.8, 4) is 11.1 Å². The van der Waals surface area contributed by atoms with Gasteiger partial charge < -0.3 is 15.5 Å². The summed E-state index contributed by atoms with van der Waals surface area (Å²) in [5, 5.41) is 5.46. The molecule has 1 saturated carbocycles. The Kier molecular flexibility index (Phi) is 7.93. The number of amides is 3. The van der Waals surface area contributed by atoms with Crippen molar-refractivity contribution in [1.82, 2.24) is 10.2 Å². The molecular formula is C30H31F4N5O3. The van der Waals surface area contributed by atoms with E-state index in [0.29, 0.717) is 36.6 Å².